The zero-order valence-corrected chi connectivity index (χ0v) is 18.3. The minimum absolute atomic E-state index is 0.434. The van der Waals surface area contributed by atoms with Crippen LogP contribution >= 0.6 is 0 Å². The Labute approximate surface area is 191 Å². The highest BCUT2D eigenvalue weighted by molar-refractivity contribution is 5.73. The summed E-state index contributed by atoms with van der Waals surface area (Å²) in [5, 5.41) is 6.55. The van der Waals surface area contributed by atoms with E-state index in [0.717, 1.165) is 34.2 Å². The summed E-state index contributed by atoms with van der Waals surface area (Å²) in [4.78, 5) is 17.7. The summed E-state index contributed by atoms with van der Waals surface area (Å²) >= 11 is 0. The van der Waals surface area contributed by atoms with E-state index in [4.69, 9.17) is 5.73 Å². The predicted octanol–water partition coefficient (Wildman–Crippen LogP) is 4.35. The van der Waals surface area contributed by atoms with Gasteiger partial charge in [-0.3, -0.25) is 0 Å². The van der Waals surface area contributed by atoms with Crippen molar-refractivity contribution in [3.63, 3.8) is 0 Å². The van der Waals surface area contributed by atoms with Crippen molar-refractivity contribution in [1.82, 2.24) is 29.1 Å². The zero-order chi connectivity index (χ0) is 22.8. The zero-order valence-electron chi connectivity index (χ0n) is 18.3. The van der Waals surface area contributed by atoms with E-state index in [9.17, 15) is 0 Å². The summed E-state index contributed by atoms with van der Waals surface area (Å²) in [6.45, 7) is 0. The molecule has 0 bridgehead atoms. The third kappa shape index (κ3) is 4.24. The van der Waals surface area contributed by atoms with Crippen molar-refractivity contribution in [2.45, 2.75) is 0 Å². The first-order valence-electron chi connectivity index (χ1n) is 10.4. The van der Waals surface area contributed by atoms with Gasteiger partial charge in [0.25, 0.3) is 0 Å². The third-order valence-corrected chi connectivity index (χ3v) is 5.22. The molecule has 5 aromatic rings. The second kappa shape index (κ2) is 8.46. The molecule has 0 atom stereocenters. The van der Waals surface area contributed by atoms with E-state index in [0.29, 0.717) is 17.5 Å². The SMILES string of the molecule is Cn1ccnc1-c1cccc(Nc2ncc(N)c(Nc3cccc(-c4nccn4C)c3)n2)c1. The molecule has 3 aromatic heterocycles. The number of aryl methyl sites for hydroxylation is 2. The fraction of sp³-hybridized carbons (Fsp3) is 0.0833. The molecule has 0 aliphatic carbocycles. The number of imidazole rings is 2. The van der Waals surface area contributed by atoms with Crippen LogP contribution in [-0.2, 0) is 14.1 Å². The molecule has 0 fully saturated rings. The van der Waals surface area contributed by atoms with E-state index in [1.165, 1.54) is 0 Å². The van der Waals surface area contributed by atoms with E-state index in [-0.39, 0.29) is 0 Å². The fourth-order valence-corrected chi connectivity index (χ4v) is 3.58. The van der Waals surface area contributed by atoms with Gasteiger partial charge in [-0.15, -0.1) is 0 Å². The van der Waals surface area contributed by atoms with Crippen molar-refractivity contribution in [2.75, 3.05) is 16.4 Å². The molecule has 0 radical (unpaired) electrons. The van der Waals surface area contributed by atoms with Gasteiger partial charge in [-0.1, -0.05) is 24.3 Å². The van der Waals surface area contributed by atoms with Crippen LogP contribution in [0.15, 0.2) is 79.5 Å². The molecule has 9 nitrogen and oxygen atoms in total. The topological polar surface area (TPSA) is 112 Å². The van der Waals surface area contributed by atoms with E-state index in [1.54, 1.807) is 18.6 Å². The number of hydrogen-bond acceptors (Lipinski definition) is 7. The Morgan fingerprint density at radius 1 is 0.758 bits per heavy atom. The number of rotatable bonds is 6. The Kier molecular flexibility index (Phi) is 5.19. The molecule has 0 aliphatic heterocycles. The summed E-state index contributed by atoms with van der Waals surface area (Å²) in [6.07, 6.45) is 8.97. The van der Waals surface area contributed by atoms with Gasteiger partial charge in [0.1, 0.15) is 11.6 Å². The van der Waals surface area contributed by atoms with Gasteiger partial charge in [0.15, 0.2) is 5.82 Å². The van der Waals surface area contributed by atoms with Crippen LogP contribution in [0.5, 0.6) is 0 Å². The number of nitrogen functional groups attached to an aromatic ring is 1. The number of nitrogens with one attached hydrogen (secondary N) is 2. The maximum Gasteiger partial charge on any atom is 0.229 e. The molecule has 3 heterocycles. The second-order valence-corrected chi connectivity index (χ2v) is 7.63. The van der Waals surface area contributed by atoms with Gasteiger partial charge in [0.2, 0.25) is 5.95 Å². The van der Waals surface area contributed by atoms with E-state index in [1.807, 2.05) is 84.2 Å². The molecular weight excluding hydrogens is 414 g/mol. The van der Waals surface area contributed by atoms with Crippen LogP contribution in [0, 0.1) is 0 Å². The van der Waals surface area contributed by atoms with Crippen molar-refractivity contribution in [1.29, 1.82) is 0 Å². The Morgan fingerprint density at radius 2 is 1.33 bits per heavy atom. The van der Waals surface area contributed by atoms with Crippen molar-refractivity contribution in [3.05, 3.63) is 79.5 Å². The van der Waals surface area contributed by atoms with Gasteiger partial charge in [0.05, 0.1) is 11.9 Å². The van der Waals surface area contributed by atoms with Crippen LogP contribution in [0.3, 0.4) is 0 Å². The van der Waals surface area contributed by atoms with Crippen LogP contribution in [0.25, 0.3) is 22.8 Å². The van der Waals surface area contributed by atoms with Crippen LogP contribution in [0.1, 0.15) is 0 Å². The molecular formula is C24H23N9. The van der Waals surface area contributed by atoms with Crippen molar-refractivity contribution >= 4 is 28.8 Å². The van der Waals surface area contributed by atoms with Crippen LogP contribution in [0.2, 0.25) is 0 Å². The molecule has 0 aliphatic rings. The van der Waals surface area contributed by atoms with Gasteiger partial charge < -0.3 is 25.5 Å². The Bertz CT molecular complexity index is 1420. The first-order chi connectivity index (χ1) is 16.1. The highest BCUT2D eigenvalue weighted by Crippen LogP contribution is 2.27. The van der Waals surface area contributed by atoms with Crippen molar-refractivity contribution in [3.8, 4) is 22.8 Å². The lowest BCUT2D eigenvalue weighted by Crippen LogP contribution is -2.04. The van der Waals surface area contributed by atoms with Gasteiger partial charge in [-0.2, -0.15) is 4.98 Å². The number of anilines is 5. The maximum atomic E-state index is 6.15. The van der Waals surface area contributed by atoms with Gasteiger partial charge in [-0.25, -0.2) is 15.0 Å². The molecule has 33 heavy (non-hydrogen) atoms. The molecule has 0 saturated carbocycles. The minimum Gasteiger partial charge on any atom is -0.394 e. The Hall–Kier alpha value is -4.66. The van der Waals surface area contributed by atoms with Crippen LogP contribution in [-0.4, -0.2) is 29.1 Å². The maximum absolute atomic E-state index is 6.15. The standard InChI is InChI=1S/C24H23N9/c1-32-11-9-26-22(32)16-5-3-7-18(13-16)29-21-20(25)15-28-24(31-21)30-19-8-4-6-17(14-19)23-27-10-12-33(23)2/h3-15H,25H2,1-2H3,(H2,28,29,30,31). The fourth-order valence-electron chi connectivity index (χ4n) is 3.58. The first kappa shape index (κ1) is 20.3. The van der Waals surface area contributed by atoms with E-state index >= 15 is 0 Å². The van der Waals surface area contributed by atoms with Gasteiger partial charge in [-0.05, 0) is 24.3 Å². The number of hydrogen-bond donors (Lipinski definition) is 3. The monoisotopic (exact) mass is 437 g/mol. The molecule has 164 valence electrons. The average molecular weight is 438 g/mol. The highest BCUT2D eigenvalue weighted by atomic mass is 15.2. The number of benzene rings is 2. The summed E-state index contributed by atoms with van der Waals surface area (Å²) < 4.78 is 3.94. The molecule has 0 unspecified atom stereocenters. The lowest BCUT2D eigenvalue weighted by molar-refractivity contribution is 0.925. The molecule has 0 spiro atoms. The van der Waals surface area contributed by atoms with E-state index < -0.39 is 0 Å². The lowest BCUT2D eigenvalue weighted by atomic mass is 10.2. The minimum atomic E-state index is 0.434. The Morgan fingerprint density at radius 3 is 1.88 bits per heavy atom. The largest absolute Gasteiger partial charge is 0.394 e. The van der Waals surface area contributed by atoms with Crippen LogP contribution < -0.4 is 16.4 Å². The normalized spacial score (nSPS) is 10.8. The van der Waals surface area contributed by atoms with Crippen molar-refractivity contribution < 1.29 is 0 Å². The molecule has 0 amide bonds. The summed E-state index contributed by atoms with van der Waals surface area (Å²) in [6, 6.07) is 15.9. The molecule has 2 aromatic carbocycles. The van der Waals surface area contributed by atoms with Crippen LogP contribution in [0.4, 0.5) is 28.8 Å². The lowest BCUT2D eigenvalue weighted by Gasteiger charge is -2.12. The quantitative estimate of drug-likeness (QED) is 0.362. The number of aromatic nitrogens is 6. The Balaban J connectivity index is 1.39. The summed E-state index contributed by atoms with van der Waals surface area (Å²) in [5.41, 5.74) is 10.3. The number of nitrogens with two attached hydrogens (primary N) is 1. The van der Waals surface area contributed by atoms with Crippen molar-refractivity contribution in [2.24, 2.45) is 14.1 Å². The summed E-state index contributed by atoms with van der Waals surface area (Å²) in [5.74, 6) is 2.71. The second-order valence-electron chi connectivity index (χ2n) is 7.63. The first-order valence-corrected chi connectivity index (χ1v) is 10.4. The molecule has 4 N–H and O–H groups in total. The van der Waals surface area contributed by atoms with Gasteiger partial charge >= 0.3 is 0 Å². The molecule has 9 heteroatoms. The summed E-state index contributed by atoms with van der Waals surface area (Å²) in [7, 11) is 3.93. The average Bonchev–Trinajstić information content (AvgIpc) is 3.44. The predicted molar refractivity (Wildman–Crippen MR) is 130 cm³/mol. The highest BCUT2D eigenvalue weighted by Gasteiger charge is 2.09. The van der Waals surface area contributed by atoms with E-state index in [2.05, 4.69) is 30.6 Å². The smallest absolute Gasteiger partial charge is 0.229 e. The van der Waals surface area contributed by atoms with Gasteiger partial charge in [0, 0.05) is 61.4 Å². The molecule has 5 rings (SSSR count). The number of nitrogens with zero attached hydrogens (tertiary/aromatic N) is 6. The third-order valence-electron chi connectivity index (χ3n) is 5.22. The molecule has 0 saturated heterocycles.